The lowest BCUT2D eigenvalue weighted by Gasteiger charge is -2.18. The molecule has 0 aliphatic carbocycles. The van der Waals surface area contributed by atoms with Gasteiger partial charge in [-0.25, -0.2) is 9.97 Å². The van der Waals surface area contributed by atoms with E-state index >= 15 is 0 Å². The van der Waals surface area contributed by atoms with Crippen LogP contribution in [0.2, 0.25) is 0 Å². The summed E-state index contributed by atoms with van der Waals surface area (Å²) in [5, 5.41) is 13.8. The van der Waals surface area contributed by atoms with Crippen LogP contribution in [-0.4, -0.2) is 48.7 Å². The average Bonchev–Trinajstić information content (AvgIpc) is 2.37. The average molecular weight is 255 g/mol. The van der Waals surface area contributed by atoms with Crippen molar-refractivity contribution in [3.63, 3.8) is 0 Å². The third-order valence-corrected chi connectivity index (χ3v) is 2.36. The minimum absolute atomic E-state index is 0.126. The van der Waals surface area contributed by atoms with Crippen molar-refractivity contribution in [3.05, 3.63) is 16.4 Å². The zero-order valence-electron chi connectivity index (χ0n) is 10.7. The first kappa shape index (κ1) is 14.1. The molecule has 1 N–H and O–H groups in total. The van der Waals surface area contributed by atoms with E-state index < -0.39 is 4.92 Å². The predicted octanol–water partition coefficient (Wildman–Crippen LogP) is 0.899. The largest absolute Gasteiger partial charge is 0.380 e. The van der Waals surface area contributed by atoms with E-state index in [0.717, 1.165) is 0 Å². The Kier molecular flexibility index (Phi) is 5.25. The predicted molar refractivity (Wildman–Crippen MR) is 68.0 cm³/mol. The molecule has 0 saturated heterocycles. The van der Waals surface area contributed by atoms with Gasteiger partial charge in [-0.15, -0.1) is 0 Å². The topological polar surface area (TPSA) is 93.4 Å². The fourth-order valence-corrected chi connectivity index (χ4v) is 1.45. The minimum atomic E-state index is -0.488. The van der Waals surface area contributed by atoms with Crippen LogP contribution in [0, 0.1) is 10.1 Å². The third-order valence-electron chi connectivity index (χ3n) is 2.36. The summed E-state index contributed by atoms with van der Waals surface area (Å²) in [7, 11) is 3.31. The van der Waals surface area contributed by atoms with Gasteiger partial charge < -0.3 is 15.0 Å². The van der Waals surface area contributed by atoms with Crippen molar-refractivity contribution < 1.29 is 9.66 Å². The molecule has 0 aromatic carbocycles. The molecule has 1 aromatic heterocycles. The second-order valence-corrected chi connectivity index (χ2v) is 3.52. The van der Waals surface area contributed by atoms with Crippen molar-refractivity contribution >= 4 is 17.3 Å². The molecule has 0 aliphatic heterocycles. The van der Waals surface area contributed by atoms with Gasteiger partial charge >= 0.3 is 5.69 Å². The van der Waals surface area contributed by atoms with E-state index in [0.29, 0.717) is 19.8 Å². The number of rotatable bonds is 7. The molecule has 1 heterocycles. The van der Waals surface area contributed by atoms with E-state index in [1.54, 1.807) is 19.0 Å². The molecule has 1 aromatic rings. The van der Waals surface area contributed by atoms with Crippen LogP contribution >= 0.6 is 0 Å². The van der Waals surface area contributed by atoms with E-state index in [-0.39, 0.29) is 17.3 Å². The molecule has 0 saturated carbocycles. The zero-order valence-corrected chi connectivity index (χ0v) is 10.7. The number of ether oxygens (including phenoxy) is 1. The first-order valence-corrected chi connectivity index (χ1v) is 5.57. The zero-order chi connectivity index (χ0) is 13.5. The van der Waals surface area contributed by atoms with E-state index in [2.05, 4.69) is 15.3 Å². The molecule has 0 spiro atoms. The van der Waals surface area contributed by atoms with Gasteiger partial charge in [0.25, 0.3) is 0 Å². The molecular weight excluding hydrogens is 238 g/mol. The maximum Gasteiger partial charge on any atom is 0.353 e. The number of anilines is 2. The number of nitrogens with one attached hydrogen (secondary N) is 1. The summed E-state index contributed by atoms with van der Waals surface area (Å²) in [6.07, 6.45) is 1.30. The third kappa shape index (κ3) is 3.27. The lowest BCUT2D eigenvalue weighted by molar-refractivity contribution is -0.383. The second kappa shape index (κ2) is 6.70. The number of aromatic nitrogens is 2. The number of likely N-dealkylation sites (N-methyl/N-ethyl adjacent to an activating group) is 1. The van der Waals surface area contributed by atoms with Crippen molar-refractivity contribution in [1.29, 1.82) is 0 Å². The Labute approximate surface area is 105 Å². The molecule has 1 rings (SSSR count). The normalized spacial score (nSPS) is 10.2. The van der Waals surface area contributed by atoms with Crippen molar-refractivity contribution in [1.82, 2.24) is 9.97 Å². The van der Waals surface area contributed by atoms with Crippen LogP contribution in [0.3, 0.4) is 0 Å². The Hall–Kier alpha value is -1.96. The maximum absolute atomic E-state index is 11.1. The molecule has 8 nitrogen and oxygen atoms in total. The molecule has 0 bridgehead atoms. The van der Waals surface area contributed by atoms with Crippen LogP contribution in [0.5, 0.6) is 0 Å². The lowest BCUT2D eigenvalue weighted by Crippen LogP contribution is -2.25. The highest BCUT2D eigenvalue weighted by Gasteiger charge is 2.24. The summed E-state index contributed by atoms with van der Waals surface area (Å²) >= 11 is 0. The first-order valence-electron chi connectivity index (χ1n) is 5.57. The van der Waals surface area contributed by atoms with Crippen LogP contribution in [-0.2, 0) is 4.74 Å². The van der Waals surface area contributed by atoms with Gasteiger partial charge in [-0.2, -0.15) is 0 Å². The SMILES string of the molecule is CCOCCN(C)c1ncnc(NC)c1[N+](=O)[O-]. The molecule has 18 heavy (non-hydrogen) atoms. The van der Waals surface area contributed by atoms with Gasteiger partial charge in [0.2, 0.25) is 11.6 Å². The number of nitrogens with zero attached hydrogens (tertiary/aromatic N) is 4. The van der Waals surface area contributed by atoms with Crippen molar-refractivity contribution in [2.75, 3.05) is 44.1 Å². The summed E-state index contributed by atoms with van der Waals surface area (Å²) in [4.78, 5) is 20.1. The molecule has 0 radical (unpaired) electrons. The Morgan fingerprint density at radius 1 is 1.56 bits per heavy atom. The highest BCUT2D eigenvalue weighted by atomic mass is 16.6. The minimum Gasteiger partial charge on any atom is -0.380 e. The second-order valence-electron chi connectivity index (χ2n) is 3.52. The van der Waals surface area contributed by atoms with E-state index in [1.165, 1.54) is 6.33 Å². The van der Waals surface area contributed by atoms with Gasteiger partial charge in [0.15, 0.2) is 0 Å². The van der Waals surface area contributed by atoms with Crippen LogP contribution in [0.1, 0.15) is 6.92 Å². The molecule has 0 fully saturated rings. The van der Waals surface area contributed by atoms with Gasteiger partial charge in [0.1, 0.15) is 6.33 Å². The maximum atomic E-state index is 11.1. The highest BCUT2D eigenvalue weighted by Crippen LogP contribution is 2.30. The molecule has 0 amide bonds. The van der Waals surface area contributed by atoms with E-state index in [4.69, 9.17) is 4.74 Å². The lowest BCUT2D eigenvalue weighted by atomic mass is 10.4. The molecule has 0 atom stereocenters. The van der Waals surface area contributed by atoms with Crippen LogP contribution in [0.15, 0.2) is 6.33 Å². The Bertz CT molecular complexity index is 412. The molecule has 0 unspecified atom stereocenters. The summed E-state index contributed by atoms with van der Waals surface area (Å²) in [6.45, 7) is 3.52. The monoisotopic (exact) mass is 255 g/mol. The Morgan fingerprint density at radius 3 is 2.83 bits per heavy atom. The van der Waals surface area contributed by atoms with Crippen molar-refractivity contribution in [2.45, 2.75) is 6.92 Å². The number of hydrogen-bond donors (Lipinski definition) is 1. The number of nitro groups is 1. The van der Waals surface area contributed by atoms with Crippen LogP contribution in [0.25, 0.3) is 0 Å². The smallest absolute Gasteiger partial charge is 0.353 e. The molecule has 0 aliphatic rings. The summed E-state index contributed by atoms with van der Waals surface area (Å²) in [5.41, 5.74) is -0.126. The molecule has 8 heteroatoms. The van der Waals surface area contributed by atoms with E-state index in [1.807, 2.05) is 6.92 Å². The first-order chi connectivity index (χ1) is 8.61. The van der Waals surface area contributed by atoms with Gasteiger partial charge in [-0.3, -0.25) is 10.1 Å². The van der Waals surface area contributed by atoms with Crippen molar-refractivity contribution in [3.8, 4) is 0 Å². The summed E-state index contributed by atoms with van der Waals surface area (Å²) in [6, 6.07) is 0. The van der Waals surface area contributed by atoms with Gasteiger partial charge in [0.05, 0.1) is 11.5 Å². The van der Waals surface area contributed by atoms with Gasteiger partial charge in [-0.05, 0) is 6.92 Å². The molecular formula is C10H17N5O3. The van der Waals surface area contributed by atoms with Gasteiger partial charge in [0, 0.05) is 27.2 Å². The quantitative estimate of drug-likeness (QED) is 0.439. The van der Waals surface area contributed by atoms with Crippen LogP contribution < -0.4 is 10.2 Å². The highest BCUT2D eigenvalue weighted by molar-refractivity contribution is 5.69. The number of hydrogen-bond acceptors (Lipinski definition) is 7. The van der Waals surface area contributed by atoms with Gasteiger partial charge in [-0.1, -0.05) is 0 Å². The fraction of sp³-hybridized carbons (Fsp3) is 0.600. The fourth-order valence-electron chi connectivity index (χ4n) is 1.45. The molecule has 100 valence electrons. The van der Waals surface area contributed by atoms with Crippen molar-refractivity contribution in [2.24, 2.45) is 0 Å². The van der Waals surface area contributed by atoms with Crippen LogP contribution in [0.4, 0.5) is 17.3 Å². The Balaban J connectivity index is 2.96. The van der Waals surface area contributed by atoms with E-state index in [9.17, 15) is 10.1 Å². The Morgan fingerprint density at radius 2 is 2.28 bits per heavy atom. The summed E-state index contributed by atoms with van der Waals surface area (Å²) < 4.78 is 5.21. The summed E-state index contributed by atoms with van der Waals surface area (Å²) in [5.74, 6) is 0.479. The standard InChI is InChI=1S/C10H17N5O3/c1-4-18-6-5-14(3)10-8(15(16)17)9(11-2)12-7-13-10/h7H,4-6H2,1-3H3,(H,11,12,13).